The zero-order valence-electron chi connectivity index (χ0n) is 17.1. The molecule has 0 aliphatic carbocycles. The molecule has 4 rings (SSSR count). The van der Waals surface area contributed by atoms with Gasteiger partial charge in [0.1, 0.15) is 11.5 Å². The molecule has 0 unspecified atom stereocenters. The number of nitrogens with zero attached hydrogens (tertiary/aromatic N) is 3. The Bertz CT molecular complexity index is 1080. The van der Waals surface area contributed by atoms with Crippen molar-refractivity contribution in [3.63, 3.8) is 0 Å². The summed E-state index contributed by atoms with van der Waals surface area (Å²) in [5.74, 6) is 1.49. The van der Waals surface area contributed by atoms with Gasteiger partial charge in [0.2, 0.25) is 0 Å². The third-order valence-corrected chi connectivity index (χ3v) is 4.95. The van der Waals surface area contributed by atoms with Crippen LogP contribution in [0.4, 0.5) is 11.4 Å². The number of hydrogen-bond donors (Lipinski definition) is 1. The topological polar surface area (TPSA) is 49.2 Å². The fourth-order valence-corrected chi connectivity index (χ4v) is 3.22. The van der Waals surface area contributed by atoms with Crippen LogP contribution in [-0.4, -0.2) is 32.8 Å². The summed E-state index contributed by atoms with van der Waals surface area (Å²) < 4.78 is 5.45. The van der Waals surface area contributed by atoms with E-state index in [1.54, 1.807) is 7.11 Å². The van der Waals surface area contributed by atoms with E-state index in [1.807, 2.05) is 32.3 Å². The molecule has 146 valence electrons. The molecule has 5 heteroatoms. The van der Waals surface area contributed by atoms with Gasteiger partial charge in [-0.05, 0) is 37.3 Å². The van der Waals surface area contributed by atoms with Crippen LogP contribution in [0.2, 0.25) is 0 Å². The molecule has 0 bridgehead atoms. The Kier molecular flexibility index (Phi) is 5.04. The van der Waals surface area contributed by atoms with Gasteiger partial charge in [-0.1, -0.05) is 42.0 Å². The van der Waals surface area contributed by atoms with Gasteiger partial charge in [-0.15, -0.1) is 0 Å². The highest BCUT2D eigenvalue weighted by atomic mass is 16.5. The van der Waals surface area contributed by atoms with E-state index < -0.39 is 0 Å². The molecule has 5 nitrogen and oxygen atoms in total. The first-order valence-corrected chi connectivity index (χ1v) is 9.51. The zero-order valence-corrected chi connectivity index (χ0v) is 17.1. The van der Waals surface area contributed by atoms with E-state index in [1.165, 1.54) is 5.56 Å². The minimum absolute atomic E-state index is 0.719. The number of amidine groups is 1. The summed E-state index contributed by atoms with van der Waals surface area (Å²) in [6.45, 7) is 2.07. The lowest BCUT2D eigenvalue weighted by molar-refractivity contribution is 0.415. The molecule has 3 aromatic carbocycles. The molecule has 0 radical (unpaired) electrons. The summed E-state index contributed by atoms with van der Waals surface area (Å²) in [6.07, 6.45) is 0. The molecular weight excluding hydrogens is 360 g/mol. The molecule has 1 aliphatic heterocycles. The Morgan fingerprint density at radius 3 is 2.21 bits per heavy atom. The summed E-state index contributed by atoms with van der Waals surface area (Å²) in [5.41, 5.74) is 10.1. The Hall–Kier alpha value is -3.60. The molecule has 0 spiro atoms. The second kappa shape index (κ2) is 7.80. The predicted octanol–water partition coefficient (Wildman–Crippen LogP) is 4.50. The molecular formula is C24H24N4O. The fourth-order valence-electron chi connectivity index (χ4n) is 3.22. The third-order valence-electron chi connectivity index (χ3n) is 4.95. The highest BCUT2D eigenvalue weighted by Crippen LogP contribution is 2.30. The number of rotatable bonds is 4. The molecule has 1 heterocycles. The number of benzene rings is 3. The lowest BCUT2D eigenvalue weighted by Crippen LogP contribution is -2.19. The smallest absolute Gasteiger partial charge is 0.154 e. The van der Waals surface area contributed by atoms with Crippen molar-refractivity contribution < 1.29 is 4.74 Å². The van der Waals surface area contributed by atoms with Crippen LogP contribution in [0.5, 0.6) is 5.75 Å². The minimum Gasteiger partial charge on any atom is -0.497 e. The maximum absolute atomic E-state index is 5.45. The second-order valence-corrected chi connectivity index (χ2v) is 7.22. The number of hydrazone groups is 1. The molecule has 0 saturated carbocycles. The maximum Gasteiger partial charge on any atom is 0.154 e. The Labute approximate surface area is 171 Å². The van der Waals surface area contributed by atoms with E-state index >= 15 is 0 Å². The van der Waals surface area contributed by atoms with Gasteiger partial charge in [0.15, 0.2) is 5.84 Å². The summed E-state index contributed by atoms with van der Waals surface area (Å²) in [5, 5.41) is 4.73. The number of fused-ring (bicyclic) bond motifs is 1. The SMILES string of the molecule is COc1ccc2c(c1)C(c1ccc(N(C)C)cc1)=NNC(c1ccc(C)cc1)=N2. The molecule has 0 aromatic heterocycles. The van der Waals surface area contributed by atoms with Gasteiger partial charge in [-0.3, -0.25) is 5.43 Å². The first-order chi connectivity index (χ1) is 14.0. The normalized spacial score (nSPS) is 12.8. The van der Waals surface area contributed by atoms with Gasteiger partial charge in [-0.25, -0.2) is 4.99 Å². The van der Waals surface area contributed by atoms with Crippen molar-refractivity contribution in [3.8, 4) is 5.75 Å². The summed E-state index contributed by atoms with van der Waals surface area (Å²) in [6, 6.07) is 22.5. The number of nitrogens with one attached hydrogen (secondary N) is 1. The molecule has 1 aliphatic rings. The third kappa shape index (κ3) is 3.85. The van der Waals surface area contributed by atoms with E-state index in [9.17, 15) is 0 Å². The standard InChI is InChI=1S/C24H24N4O/c1-16-5-7-18(8-6-16)24-25-22-14-13-20(29-4)15-21(22)23(26-27-24)17-9-11-19(12-10-17)28(2)3/h5-15H,1-4H3,(H,25,27). The molecule has 1 N–H and O–H groups in total. The highest BCUT2D eigenvalue weighted by molar-refractivity contribution is 6.18. The molecule has 0 amide bonds. The molecule has 3 aromatic rings. The van der Waals surface area contributed by atoms with E-state index in [-0.39, 0.29) is 0 Å². The first kappa shape index (κ1) is 18.7. The Morgan fingerprint density at radius 1 is 0.862 bits per heavy atom. The number of aliphatic imine (C=N–C) groups is 1. The molecule has 0 saturated heterocycles. The van der Waals surface area contributed by atoms with Crippen LogP contribution in [0, 0.1) is 6.92 Å². The van der Waals surface area contributed by atoms with Crippen molar-refractivity contribution >= 4 is 22.9 Å². The number of hydrogen-bond acceptors (Lipinski definition) is 5. The van der Waals surface area contributed by atoms with Crippen molar-refractivity contribution in [2.45, 2.75) is 6.92 Å². The van der Waals surface area contributed by atoms with Crippen LogP contribution in [0.15, 0.2) is 76.8 Å². The summed E-state index contributed by atoms with van der Waals surface area (Å²) in [4.78, 5) is 6.94. The van der Waals surface area contributed by atoms with Gasteiger partial charge < -0.3 is 9.64 Å². The van der Waals surface area contributed by atoms with Crippen molar-refractivity contribution in [1.82, 2.24) is 5.43 Å². The first-order valence-electron chi connectivity index (χ1n) is 9.51. The fraction of sp³-hybridized carbons (Fsp3) is 0.167. The van der Waals surface area contributed by atoms with E-state index in [0.717, 1.165) is 45.4 Å². The molecule has 0 fully saturated rings. The Balaban J connectivity index is 1.82. The van der Waals surface area contributed by atoms with E-state index in [4.69, 9.17) is 14.8 Å². The van der Waals surface area contributed by atoms with Gasteiger partial charge in [0, 0.05) is 36.5 Å². The van der Waals surface area contributed by atoms with Crippen LogP contribution < -0.4 is 15.1 Å². The van der Waals surface area contributed by atoms with Gasteiger partial charge in [0.25, 0.3) is 0 Å². The van der Waals surface area contributed by atoms with Crippen molar-refractivity contribution in [3.05, 3.63) is 89.0 Å². The summed E-state index contributed by atoms with van der Waals surface area (Å²) in [7, 11) is 5.73. The quantitative estimate of drug-likeness (QED) is 0.720. The van der Waals surface area contributed by atoms with Crippen LogP contribution in [-0.2, 0) is 0 Å². The average Bonchev–Trinajstić information content (AvgIpc) is 2.93. The van der Waals surface area contributed by atoms with Crippen LogP contribution >= 0.6 is 0 Å². The lowest BCUT2D eigenvalue weighted by atomic mass is 10.00. The monoisotopic (exact) mass is 384 g/mol. The van der Waals surface area contributed by atoms with Gasteiger partial charge in [-0.2, -0.15) is 5.10 Å². The highest BCUT2D eigenvalue weighted by Gasteiger charge is 2.18. The number of methoxy groups -OCH3 is 1. The van der Waals surface area contributed by atoms with Crippen LogP contribution in [0.3, 0.4) is 0 Å². The largest absolute Gasteiger partial charge is 0.497 e. The van der Waals surface area contributed by atoms with E-state index in [0.29, 0.717) is 0 Å². The predicted molar refractivity (Wildman–Crippen MR) is 120 cm³/mol. The number of anilines is 1. The molecule has 29 heavy (non-hydrogen) atoms. The zero-order chi connectivity index (χ0) is 20.4. The number of aryl methyl sites for hydroxylation is 1. The number of ether oxygens (including phenoxy) is 1. The van der Waals surface area contributed by atoms with Crippen LogP contribution in [0.25, 0.3) is 0 Å². The Morgan fingerprint density at radius 2 is 1.55 bits per heavy atom. The minimum atomic E-state index is 0.719. The van der Waals surface area contributed by atoms with Gasteiger partial charge >= 0.3 is 0 Å². The van der Waals surface area contributed by atoms with Crippen molar-refractivity contribution in [2.75, 3.05) is 26.1 Å². The average molecular weight is 384 g/mol. The van der Waals surface area contributed by atoms with E-state index in [2.05, 4.69) is 65.8 Å². The van der Waals surface area contributed by atoms with Crippen molar-refractivity contribution in [1.29, 1.82) is 0 Å². The maximum atomic E-state index is 5.45. The second-order valence-electron chi connectivity index (χ2n) is 7.22. The van der Waals surface area contributed by atoms with Crippen molar-refractivity contribution in [2.24, 2.45) is 10.1 Å². The molecule has 0 atom stereocenters. The lowest BCUT2D eigenvalue weighted by Gasteiger charge is -2.14. The summed E-state index contributed by atoms with van der Waals surface area (Å²) >= 11 is 0. The van der Waals surface area contributed by atoms with Crippen LogP contribution in [0.1, 0.15) is 22.3 Å². The van der Waals surface area contributed by atoms with Gasteiger partial charge in [0.05, 0.1) is 12.8 Å².